The zero-order chi connectivity index (χ0) is 23.0. The molecule has 0 radical (unpaired) electrons. The molecule has 1 saturated carbocycles. The average Bonchev–Trinajstić information content (AvgIpc) is 3.15. The number of unbranched alkanes of at least 4 members (excludes halogenated alkanes) is 5. The molecule has 0 spiro atoms. The fourth-order valence-corrected chi connectivity index (χ4v) is 4.59. The Balaban J connectivity index is 1.54. The Kier molecular flexibility index (Phi) is 13.0. The number of aliphatic hydroxyl groups is 1. The predicted molar refractivity (Wildman–Crippen MR) is 131 cm³/mol. The first kappa shape index (κ1) is 26.3. The Hall–Kier alpha value is -1.94. The number of aliphatic hydroxyl groups excluding tert-OH is 1. The van der Waals surface area contributed by atoms with Crippen LogP contribution in [0.15, 0.2) is 42.5 Å². The summed E-state index contributed by atoms with van der Waals surface area (Å²) in [7, 11) is 0. The minimum absolute atomic E-state index is 0.121. The van der Waals surface area contributed by atoms with Crippen molar-refractivity contribution in [3.05, 3.63) is 48.0 Å². The maximum atomic E-state index is 12.3. The molecule has 178 valence electrons. The number of Topliss-reactive ketones (excluding diaryl/α,β-unsaturated/α-hetero) is 1. The van der Waals surface area contributed by atoms with Crippen LogP contribution in [0.4, 0.5) is 0 Å². The van der Waals surface area contributed by atoms with Gasteiger partial charge in [-0.05, 0) is 43.6 Å². The van der Waals surface area contributed by atoms with E-state index >= 15 is 0 Å². The summed E-state index contributed by atoms with van der Waals surface area (Å²) >= 11 is 0. The van der Waals surface area contributed by atoms with E-state index in [1.807, 2.05) is 24.3 Å². The standard InChI is InChI=1S/C28H43NO3/c1-2-3-7-14-25(30)19-17-24-18-20-27(31)26(24)15-10-4-5-11-16-28(32)29-22-21-23-12-8-6-9-13-23/h6,8-9,12-13,17,19,24-26,30H,2-5,7,10-11,14-16,18,20-22H2,1H3,(H,29,32)/b19-17+/t24-,25-,26+/m0/s1. The molecule has 1 aliphatic carbocycles. The molecule has 3 atom stereocenters. The molecule has 0 heterocycles. The summed E-state index contributed by atoms with van der Waals surface area (Å²) in [5.74, 6) is 0.932. The van der Waals surface area contributed by atoms with Gasteiger partial charge in [0, 0.05) is 25.3 Å². The van der Waals surface area contributed by atoms with Crippen LogP contribution >= 0.6 is 0 Å². The molecule has 1 amide bonds. The minimum atomic E-state index is -0.378. The molecule has 1 aromatic carbocycles. The van der Waals surface area contributed by atoms with E-state index in [1.165, 1.54) is 5.56 Å². The fourth-order valence-electron chi connectivity index (χ4n) is 4.59. The third-order valence-corrected chi connectivity index (χ3v) is 6.59. The van der Waals surface area contributed by atoms with Crippen LogP contribution < -0.4 is 5.32 Å². The van der Waals surface area contributed by atoms with Crippen LogP contribution in [-0.4, -0.2) is 29.4 Å². The SMILES string of the molecule is CCCCC[C@H](O)/C=C/[C@H]1CCC(=O)[C@@H]1CCCCCCC(=O)NCCc1ccccc1. The average molecular weight is 442 g/mol. The van der Waals surface area contributed by atoms with Crippen molar-refractivity contribution in [2.45, 2.75) is 96.5 Å². The monoisotopic (exact) mass is 441 g/mol. The van der Waals surface area contributed by atoms with Gasteiger partial charge in [0.1, 0.15) is 5.78 Å². The number of nitrogens with one attached hydrogen (secondary N) is 1. The highest BCUT2D eigenvalue weighted by Crippen LogP contribution is 2.34. The van der Waals surface area contributed by atoms with Crippen LogP contribution in [0.1, 0.15) is 89.5 Å². The normalized spacial score (nSPS) is 19.5. The summed E-state index contributed by atoms with van der Waals surface area (Å²) < 4.78 is 0. The minimum Gasteiger partial charge on any atom is -0.389 e. The fraction of sp³-hybridized carbons (Fsp3) is 0.643. The second-order valence-electron chi connectivity index (χ2n) is 9.26. The number of rotatable bonds is 16. The van der Waals surface area contributed by atoms with Crippen molar-refractivity contribution in [2.75, 3.05) is 6.54 Å². The first-order valence-corrected chi connectivity index (χ1v) is 12.8. The second-order valence-corrected chi connectivity index (χ2v) is 9.26. The molecular weight excluding hydrogens is 398 g/mol. The van der Waals surface area contributed by atoms with E-state index in [2.05, 4.69) is 30.4 Å². The topological polar surface area (TPSA) is 66.4 Å². The van der Waals surface area contributed by atoms with Gasteiger partial charge in [-0.3, -0.25) is 9.59 Å². The molecule has 2 rings (SSSR count). The summed E-state index contributed by atoms with van der Waals surface area (Å²) in [5.41, 5.74) is 1.24. The number of hydrogen-bond acceptors (Lipinski definition) is 3. The van der Waals surface area contributed by atoms with Crippen molar-refractivity contribution in [3.8, 4) is 0 Å². The Morgan fingerprint density at radius 1 is 1.12 bits per heavy atom. The summed E-state index contributed by atoms with van der Waals surface area (Å²) in [6.45, 7) is 2.85. The van der Waals surface area contributed by atoms with Crippen LogP contribution in [0, 0.1) is 11.8 Å². The zero-order valence-electron chi connectivity index (χ0n) is 19.9. The van der Waals surface area contributed by atoms with E-state index in [0.29, 0.717) is 31.1 Å². The second kappa shape index (κ2) is 15.8. The third kappa shape index (κ3) is 10.6. The smallest absolute Gasteiger partial charge is 0.220 e. The molecule has 4 heteroatoms. The molecule has 0 aliphatic heterocycles. The molecule has 1 aromatic rings. The van der Waals surface area contributed by atoms with Gasteiger partial charge in [0.15, 0.2) is 0 Å². The first-order valence-electron chi connectivity index (χ1n) is 12.8. The van der Waals surface area contributed by atoms with Gasteiger partial charge in [-0.2, -0.15) is 0 Å². The van der Waals surface area contributed by atoms with E-state index in [4.69, 9.17) is 0 Å². The highest BCUT2D eigenvalue weighted by atomic mass is 16.3. The summed E-state index contributed by atoms with van der Waals surface area (Å²) in [6, 6.07) is 10.2. The molecule has 2 N–H and O–H groups in total. The number of benzene rings is 1. The van der Waals surface area contributed by atoms with Crippen LogP contribution in [-0.2, 0) is 16.0 Å². The Labute approximate surface area is 194 Å². The summed E-state index contributed by atoms with van der Waals surface area (Å²) in [5, 5.41) is 13.1. The lowest BCUT2D eigenvalue weighted by Crippen LogP contribution is -2.25. The molecule has 1 aliphatic rings. The highest BCUT2D eigenvalue weighted by molar-refractivity contribution is 5.83. The number of amides is 1. The summed E-state index contributed by atoms with van der Waals surface area (Å²) in [6.07, 6.45) is 15.9. The van der Waals surface area contributed by atoms with Gasteiger partial charge in [0.05, 0.1) is 6.10 Å². The molecule has 4 nitrogen and oxygen atoms in total. The van der Waals surface area contributed by atoms with Crippen LogP contribution in [0.3, 0.4) is 0 Å². The van der Waals surface area contributed by atoms with Gasteiger partial charge in [-0.25, -0.2) is 0 Å². The van der Waals surface area contributed by atoms with Gasteiger partial charge in [-0.15, -0.1) is 0 Å². The van der Waals surface area contributed by atoms with E-state index in [-0.39, 0.29) is 17.9 Å². The summed E-state index contributed by atoms with van der Waals surface area (Å²) in [4.78, 5) is 24.3. The van der Waals surface area contributed by atoms with E-state index in [1.54, 1.807) is 0 Å². The van der Waals surface area contributed by atoms with E-state index < -0.39 is 0 Å². The Morgan fingerprint density at radius 2 is 1.91 bits per heavy atom. The van der Waals surface area contributed by atoms with Gasteiger partial charge in [-0.1, -0.05) is 87.9 Å². The van der Waals surface area contributed by atoms with Gasteiger partial charge < -0.3 is 10.4 Å². The quantitative estimate of drug-likeness (QED) is 0.252. The lowest BCUT2D eigenvalue weighted by molar-refractivity contribution is -0.121. The van der Waals surface area contributed by atoms with Crippen molar-refractivity contribution in [2.24, 2.45) is 11.8 Å². The van der Waals surface area contributed by atoms with Gasteiger partial charge >= 0.3 is 0 Å². The van der Waals surface area contributed by atoms with Crippen molar-refractivity contribution in [1.29, 1.82) is 0 Å². The lowest BCUT2D eigenvalue weighted by Gasteiger charge is -2.15. The first-order chi connectivity index (χ1) is 15.6. The number of carbonyl (C=O) groups excluding carboxylic acids is 2. The molecule has 1 fully saturated rings. The molecule has 32 heavy (non-hydrogen) atoms. The largest absolute Gasteiger partial charge is 0.389 e. The highest BCUT2D eigenvalue weighted by Gasteiger charge is 2.32. The lowest BCUT2D eigenvalue weighted by atomic mass is 9.89. The molecule has 0 aromatic heterocycles. The third-order valence-electron chi connectivity index (χ3n) is 6.59. The molecular formula is C28H43NO3. The maximum Gasteiger partial charge on any atom is 0.220 e. The van der Waals surface area contributed by atoms with Gasteiger partial charge in [0.25, 0.3) is 0 Å². The molecule has 0 bridgehead atoms. The zero-order valence-corrected chi connectivity index (χ0v) is 19.9. The predicted octanol–water partition coefficient (Wildman–Crippen LogP) is 5.78. The number of carbonyl (C=O) groups is 2. The van der Waals surface area contributed by atoms with Crippen LogP contribution in [0.5, 0.6) is 0 Å². The van der Waals surface area contributed by atoms with Crippen LogP contribution in [0.25, 0.3) is 0 Å². The Morgan fingerprint density at radius 3 is 2.69 bits per heavy atom. The van der Waals surface area contributed by atoms with Gasteiger partial charge in [0.2, 0.25) is 5.91 Å². The number of ketones is 1. The van der Waals surface area contributed by atoms with E-state index in [9.17, 15) is 14.7 Å². The maximum absolute atomic E-state index is 12.3. The Bertz CT molecular complexity index is 685. The van der Waals surface area contributed by atoms with Crippen molar-refractivity contribution >= 4 is 11.7 Å². The molecule has 0 saturated heterocycles. The molecule has 0 unspecified atom stereocenters. The van der Waals surface area contributed by atoms with Crippen molar-refractivity contribution in [1.82, 2.24) is 5.32 Å². The van der Waals surface area contributed by atoms with Crippen molar-refractivity contribution < 1.29 is 14.7 Å². The number of allylic oxidation sites excluding steroid dienone is 1. The van der Waals surface area contributed by atoms with Crippen LogP contribution in [0.2, 0.25) is 0 Å². The number of hydrogen-bond donors (Lipinski definition) is 2. The van der Waals surface area contributed by atoms with Crippen molar-refractivity contribution in [3.63, 3.8) is 0 Å². The van der Waals surface area contributed by atoms with E-state index in [0.717, 1.165) is 70.6 Å².